The maximum absolute atomic E-state index is 11.8. The molecule has 0 heterocycles. The molecule has 1 unspecified atom stereocenters. The van der Waals surface area contributed by atoms with Crippen LogP contribution in [-0.2, 0) is 19.1 Å². The molecule has 33 heavy (non-hydrogen) atoms. The minimum absolute atomic E-state index is 0.135. The monoisotopic (exact) mass is 468 g/mol. The van der Waals surface area contributed by atoms with E-state index in [4.69, 9.17) is 9.47 Å². The summed E-state index contributed by atoms with van der Waals surface area (Å²) in [6, 6.07) is 0. The summed E-state index contributed by atoms with van der Waals surface area (Å²) in [7, 11) is 0. The average molecular weight is 469 g/mol. The van der Waals surface area contributed by atoms with Crippen LogP contribution in [0.2, 0.25) is 0 Å². The van der Waals surface area contributed by atoms with Crippen molar-refractivity contribution in [3.8, 4) is 0 Å². The van der Waals surface area contributed by atoms with Crippen LogP contribution in [-0.4, -0.2) is 25.2 Å². The molecule has 4 heteroatoms. The summed E-state index contributed by atoms with van der Waals surface area (Å²) in [5.74, 6) is 0.120. The summed E-state index contributed by atoms with van der Waals surface area (Å²) in [6.45, 7) is 7.47. The first-order chi connectivity index (χ1) is 16.1. The Labute approximate surface area is 206 Å². The Balaban J connectivity index is 3.24. The zero-order valence-electron chi connectivity index (χ0n) is 22.5. The van der Waals surface area contributed by atoms with Crippen molar-refractivity contribution in [2.45, 2.75) is 156 Å². The van der Waals surface area contributed by atoms with Crippen LogP contribution in [0.25, 0.3) is 0 Å². The van der Waals surface area contributed by atoms with Gasteiger partial charge in [0.25, 0.3) is 0 Å². The van der Waals surface area contributed by atoms with Crippen molar-refractivity contribution in [1.29, 1.82) is 0 Å². The number of hydrogen-bond donors (Lipinski definition) is 0. The van der Waals surface area contributed by atoms with E-state index < -0.39 is 0 Å². The third-order valence-corrected chi connectivity index (χ3v) is 6.50. The molecule has 0 N–H and O–H groups in total. The SMILES string of the molecule is CCCCCCCCCCCCCCCCCCOC(=O)CCCCC(=O)OCC(C)CC. The van der Waals surface area contributed by atoms with Crippen LogP contribution in [0.3, 0.4) is 0 Å². The number of hydrogen-bond acceptors (Lipinski definition) is 4. The highest BCUT2D eigenvalue weighted by atomic mass is 16.5. The van der Waals surface area contributed by atoms with Gasteiger partial charge in [0.1, 0.15) is 0 Å². The standard InChI is InChI=1S/C29H56O4/c1-4-6-7-8-9-10-11-12-13-14-15-16-17-18-19-22-25-32-28(30)23-20-21-24-29(31)33-26-27(3)5-2/h27H,4-26H2,1-3H3. The predicted molar refractivity (Wildman–Crippen MR) is 139 cm³/mol. The Kier molecular flexibility index (Phi) is 24.7. The van der Waals surface area contributed by atoms with Gasteiger partial charge in [-0.15, -0.1) is 0 Å². The van der Waals surface area contributed by atoms with Crippen molar-refractivity contribution in [2.75, 3.05) is 13.2 Å². The fourth-order valence-corrected chi connectivity index (χ4v) is 3.87. The Morgan fingerprint density at radius 1 is 0.545 bits per heavy atom. The van der Waals surface area contributed by atoms with E-state index in [0.717, 1.165) is 19.3 Å². The molecule has 0 aromatic rings. The Morgan fingerprint density at radius 2 is 0.939 bits per heavy atom. The van der Waals surface area contributed by atoms with Crippen LogP contribution in [0.1, 0.15) is 156 Å². The quantitative estimate of drug-likeness (QED) is 0.0991. The second-order valence-electron chi connectivity index (χ2n) is 9.93. The van der Waals surface area contributed by atoms with Gasteiger partial charge in [0.2, 0.25) is 0 Å². The van der Waals surface area contributed by atoms with Gasteiger partial charge in [-0.1, -0.05) is 124 Å². The molecule has 0 rings (SSSR count). The van der Waals surface area contributed by atoms with Gasteiger partial charge >= 0.3 is 11.9 Å². The Bertz CT molecular complexity index is 435. The molecular weight excluding hydrogens is 412 g/mol. The zero-order valence-corrected chi connectivity index (χ0v) is 22.5. The third-order valence-electron chi connectivity index (χ3n) is 6.50. The van der Waals surface area contributed by atoms with Crippen molar-refractivity contribution in [1.82, 2.24) is 0 Å². The van der Waals surface area contributed by atoms with Gasteiger partial charge in [-0.25, -0.2) is 0 Å². The van der Waals surface area contributed by atoms with Gasteiger partial charge in [-0.05, 0) is 25.2 Å². The van der Waals surface area contributed by atoms with Gasteiger partial charge in [-0.3, -0.25) is 9.59 Å². The van der Waals surface area contributed by atoms with Crippen molar-refractivity contribution >= 4 is 11.9 Å². The number of carbonyl (C=O) groups is 2. The first kappa shape index (κ1) is 31.9. The summed E-state index contributed by atoms with van der Waals surface area (Å²) in [4.78, 5) is 23.4. The number of ether oxygens (including phenoxy) is 2. The number of rotatable bonds is 25. The summed E-state index contributed by atoms with van der Waals surface area (Å²) < 4.78 is 10.5. The van der Waals surface area contributed by atoms with Crippen molar-refractivity contribution < 1.29 is 19.1 Å². The number of unbranched alkanes of at least 4 members (excludes halogenated alkanes) is 16. The second kappa shape index (κ2) is 25.6. The van der Waals surface area contributed by atoms with E-state index in [0.29, 0.717) is 44.8 Å². The lowest BCUT2D eigenvalue weighted by Crippen LogP contribution is -2.11. The van der Waals surface area contributed by atoms with E-state index in [9.17, 15) is 9.59 Å². The van der Waals surface area contributed by atoms with E-state index in [2.05, 4.69) is 20.8 Å². The molecule has 0 aromatic heterocycles. The van der Waals surface area contributed by atoms with Crippen LogP contribution >= 0.6 is 0 Å². The average Bonchev–Trinajstić information content (AvgIpc) is 2.82. The van der Waals surface area contributed by atoms with Gasteiger partial charge in [0.05, 0.1) is 13.2 Å². The van der Waals surface area contributed by atoms with Crippen LogP contribution in [0.5, 0.6) is 0 Å². The van der Waals surface area contributed by atoms with Crippen LogP contribution in [0.15, 0.2) is 0 Å². The smallest absolute Gasteiger partial charge is 0.305 e. The highest BCUT2D eigenvalue weighted by molar-refractivity contribution is 5.70. The van der Waals surface area contributed by atoms with E-state index in [1.807, 2.05) is 0 Å². The molecule has 0 amide bonds. The molecule has 0 radical (unpaired) electrons. The highest BCUT2D eigenvalue weighted by Gasteiger charge is 2.08. The molecule has 0 fully saturated rings. The summed E-state index contributed by atoms with van der Waals surface area (Å²) in [6.07, 6.45) is 24.7. The molecule has 0 saturated heterocycles. The molecule has 0 bridgehead atoms. The largest absolute Gasteiger partial charge is 0.466 e. The molecule has 0 aliphatic rings. The zero-order chi connectivity index (χ0) is 24.4. The molecule has 4 nitrogen and oxygen atoms in total. The minimum atomic E-state index is -0.156. The van der Waals surface area contributed by atoms with Crippen molar-refractivity contribution in [3.63, 3.8) is 0 Å². The number of esters is 2. The molecular formula is C29H56O4. The lowest BCUT2D eigenvalue weighted by molar-refractivity contribution is -0.146. The summed E-state index contributed by atoms with van der Waals surface area (Å²) >= 11 is 0. The maximum Gasteiger partial charge on any atom is 0.305 e. The van der Waals surface area contributed by atoms with E-state index in [1.54, 1.807) is 0 Å². The van der Waals surface area contributed by atoms with Crippen LogP contribution in [0, 0.1) is 5.92 Å². The fourth-order valence-electron chi connectivity index (χ4n) is 3.87. The van der Waals surface area contributed by atoms with E-state index >= 15 is 0 Å². The topological polar surface area (TPSA) is 52.6 Å². The first-order valence-corrected chi connectivity index (χ1v) is 14.4. The molecule has 0 spiro atoms. The van der Waals surface area contributed by atoms with Crippen LogP contribution < -0.4 is 0 Å². The van der Waals surface area contributed by atoms with Gasteiger partial charge < -0.3 is 9.47 Å². The highest BCUT2D eigenvalue weighted by Crippen LogP contribution is 2.14. The molecule has 0 aliphatic heterocycles. The van der Waals surface area contributed by atoms with Gasteiger partial charge in [-0.2, -0.15) is 0 Å². The van der Waals surface area contributed by atoms with E-state index in [-0.39, 0.29) is 11.9 Å². The number of carbonyl (C=O) groups excluding carboxylic acids is 2. The van der Waals surface area contributed by atoms with Crippen molar-refractivity contribution in [3.05, 3.63) is 0 Å². The van der Waals surface area contributed by atoms with Crippen molar-refractivity contribution in [2.24, 2.45) is 5.92 Å². The first-order valence-electron chi connectivity index (χ1n) is 14.4. The molecule has 0 saturated carbocycles. The lowest BCUT2D eigenvalue weighted by atomic mass is 10.0. The summed E-state index contributed by atoms with van der Waals surface area (Å²) in [5, 5.41) is 0. The molecule has 0 aliphatic carbocycles. The minimum Gasteiger partial charge on any atom is -0.466 e. The summed E-state index contributed by atoms with van der Waals surface area (Å²) in [5.41, 5.74) is 0. The molecule has 1 atom stereocenters. The Hall–Kier alpha value is -1.06. The molecule has 196 valence electrons. The normalized spacial score (nSPS) is 12.0. The third kappa shape index (κ3) is 25.4. The second-order valence-corrected chi connectivity index (χ2v) is 9.93. The fraction of sp³-hybridized carbons (Fsp3) is 0.931. The lowest BCUT2D eigenvalue weighted by Gasteiger charge is -2.09. The maximum atomic E-state index is 11.8. The van der Waals surface area contributed by atoms with E-state index in [1.165, 1.54) is 89.9 Å². The van der Waals surface area contributed by atoms with Gasteiger partial charge in [0.15, 0.2) is 0 Å². The predicted octanol–water partition coefficient (Wildman–Crippen LogP) is 8.94. The Morgan fingerprint density at radius 3 is 1.36 bits per heavy atom. The van der Waals surface area contributed by atoms with Gasteiger partial charge in [0, 0.05) is 12.8 Å². The van der Waals surface area contributed by atoms with Crippen LogP contribution in [0.4, 0.5) is 0 Å². The molecule has 0 aromatic carbocycles.